The number of nitrogens with one attached hydrogen (secondary N) is 5. The largest absolute Gasteiger partial charge is 0.481 e. The molecular weight excluding hydrogens is 863 g/mol. The van der Waals surface area contributed by atoms with E-state index in [1.807, 2.05) is 48.5 Å². The van der Waals surface area contributed by atoms with E-state index in [0.29, 0.717) is 5.56 Å². The van der Waals surface area contributed by atoms with Gasteiger partial charge in [0.15, 0.2) is 0 Å². The van der Waals surface area contributed by atoms with E-state index in [9.17, 15) is 58.2 Å². The van der Waals surface area contributed by atoms with Gasteiger partial charge in [0.05, 0.1) is 19.3 Å². The van der Waals surface area contributed by atoms with E-state index >= 15 is 0 Å². The molecule has 0 saturated heterocycles. The van der Waals surface area contributed by atoms with Crippen LogP contribution in [0.1, 0.15) is 75.5 Å². The molecule has 0 spiro atoms. The highest BCUT2D eigenvalue weighted by atomic mass is 16.6. The number of alkyl carbamates (subject to hydrolysis) is 1. The molecule has 0 fully saturated rings. The van der Waals surface area contributed by atoms with Crippen molar-refractivity contribution < 1.29 is 67.6 Å². The third kappa shape index (κ3) is 15.5. The molecule has 4 rings (SSSR count). The summed E-state index contributed by atoms with van der Waals surface area (Å²) in [4.78, 5) is 129. The Balaban J connectivity index is 1.52. The van der Waals surface area contributed by atoms with E-state index in [1.54, 1.807) is 30.3 Å². The standard InChI is InChI=1S/C45H53N7O14/c1-45(2,3)66-38(57)22-33(42(61)48-30(17-18-37(55)56)39(58)51-34(43(62)63)19-24-11-5-4-6-12-24)50-40(59)31(20-35(46)53)49-41(60)32(21-36(47)54)52-44(64)65-23-29-27-15-9-7-13-25(27)26-14-8-10-16-28(26)29/h4-16,29-34H,17-23H2,1-3H3,(H2,46,53)(H2,47,54)(H,48,61)(H,49,60)(H,50,59)(H,51,58)(H,52,64)(H,55,56)(H,62,63)/t30-,31-,32-,33-,34-/m0/s1. The van der Waals surface area contributed by atoms with Crippen molar-refractivity contribution in [3.05, 3.63) is 95.6 Å². The number of aliphatic carboxylic acids is 2. The molecule has 1 aliphatic rings. The van der Waals surface area contributed by atoms with Gasteiger partial charge in [-0.25, -0.2) is 9.59 Å². The number of ether oxygens (including phenoxy) is 2. The van der Waals surface area contributed by atoms with Crippen LogP contribution in [0.5, 0.6) is 0 Å². The van der Waals surface area contributed by atoms with Gasteiger partial charge in [-0.1, -0.05) is 78.9 Å². The molecule has 0 radical (unpaired) electrons. The third-order valence-electron chi connectivity index (χ3n) is 10.00. The summed E-state index contributed by atoms with van der Waals surface area (Å²) >= 11 is 0. The quantitative estimate of drug-likeness (QED) is 0.0586. The summed E-state index contributed by atoms with van der Waals surface area (Å²) in [6.07, 6.45) is -5.24. The Morgan fingerprint density at radius 1 is 0.591 bits per heavy atom. The van der Waals surface area contributed by atoms with Crippen LogP contribution in [0.25, 0.3) is 11.1 Å². The van der Waals surface area contributed by atoms with Gasteiger partial charge in [0.1, 0.15) is 42.4 Å². The van der Waals surface area contributed by atoms with Crippen molar-refractivity contribution in [2.45, 2.75) is 101 Å². The van der Waals surface area contributed by atoms with Crippen LogP contribution in [0.15, 0.2) is 78.9 Å². The summed E-state index contributed by atoms with van der Waals surface area (Å²) in [6.45, 7) is 4.36. The molecule has 1 aliphatic carbocycles. The van der Waals surface area contributed by atoms with Crippen LogP contribution in [-0.4, -0.2) is 112 Å². The van der Waals surface area contributed by atoms with E-state index in [0.717, 1.165) is 22.3 Å². The highest BCUT2D eigenvalue weighted by molar-refractivity contribution is 5.99. The molecule has 0 heterocycles. The SMILES string of the molecule is CC(C)(C)OC(=O)C[C@H](NC(=O)[C@H](CC(N)=O)NC(=O)[C@H](CC(N)=O)NC(=O)OCC1c2ccccc2-c2ccccc21)C(=O)N[C@@H](CCC(=O)O)C(=O)N[C@@H](Cc1ccccc1)C(=O)O. The molecule has 0 aliphatic heterocycles. The first kappa shape index (κ1) is 50.8. The monoisotopic (exact) mass is 915 g/mol. The lowest BCUT2D eigenvalue weighted by Gasteiger charge is -2.27. The van der Waals surface area contributed by atoms with Crippen molar-refractivity contribution in [3.63, 3.8) is 0 Å². The van der Waals surface area contributed by atoms with Crippen molar-refractivity contribution >= 4 is 59.4 Å². The minimum absolute atomic E-state index is 0.175. The van der Waals surface area contributed by atoms with Gasteiger partial charge in [-0.15, -0.1) is 0 Å². The predicted octanol–water partition coefficient (Wildman–Crippen LogP) is 0.508. The molecule has 7 amide bonds. The van der Waals surface area contributed by atoms with Crippen LogP contribution in [0.4, 0.5) is 4.79 Å². The Labute approximate surface area is 378 Å². The Morgan fingerprint density at radius 3 is 1.52 bits per heavy atom. The molecule has 66 heavy (non-hydrogen) atoms. The summed E-state index contributed by atoms with van der Waals surface area (Å²) in [7, 11) is 0. The number of nitrogens with two attached hydrogens (primary N) is 2. The highest BCUT2D eigenvalue weighted by Gasteiger charge is 2.36. The zero-order valence-corrected chi connectivity index (χ0v) is 36.4. The second kappa shape index (κ2) is 23.2. The van der Waals surface area contributed by atoms with Crippen molar-refractivity contribution in [1.82, 2.24) is 26.6 Å². The fourth-order valence-corrected chi connectivity index (χ4v) is 7.04. The molecule has 21 heteroatoms. The normalized spacial score (nSPS) is 14.0. The van der Waals surface area contributed by atoms with Gasteiger partial charge in [-0.3, -0.25) is 38.4 Å². The van der Waals surface area contributed by atoms with Gasteiger partial charge < -0.3 is 57.7 Å². The van der Waals surface area contributed by atoms with Gasteiger partial charge in [-0.2, -0.15) is 0 Å². The average Bonchev–Trinajstić information content (AvgIpc) is 3.55. The number of carboxylic acids is 2. The van der Waals surface area contributed by atoms with Crippen molar-refractivity contribution in [2.75, 3.05) is 6.61 Å². The van der Waals surface area contributed by atoms with Gasteiger partial charge in [0.2, 0.25) is 35.4 Å². The maximum atomic E-state index is 13.9. The minimum Gasteiger partial charge on any atom is -0.481 e. The number of rotatable bonds is 23. The zero-order chi connectivity index (χ0) is 48.7. The highest BCUT2D eigenvalue weighted by Crippen LogP contribution is 2.44. The Kier molecular flexibility index (Phi) is 17.9. The van der Waals surface area contributed by atoms with Crippen LogP contribution < -0.4 is 38.1 Å². The Hall–Kier alpha value is -7.84. The zero-order valence-electron chi connectivity index (χ0n) is 36.4. The van der Waals surface area contributed by atoms with Gasteiger partial charge in [0, 0.05) is 18.8 Å². The van der Waals surface area contributed by atoms with E-state index in [4.69, 9.17) is 20.9 Å². The van der Waals surface area contributed by atoms with Crippen LogP contribution >= 0.6 is 0 Å². The average molecular weight is 916 g/mol. The van der Waals surface area contributed by atoms with Crippen LogP contribution in [0.2, 0.25) is 0 Å². The molecule has 5 atom stereocenters. The summed E-state index contributed by atoms with van der Waals surface area (Å²) < 4.78 is 10.8. The van der Waals surface area contributed by atoms with Gasteiger partial charge >= 0.3 is 24.0 Å². The molecule has 3 aromatic rings. The lowest BCUT2D eigenvalue weighted by molar-refractivity contribution is -0.157. The molecular formula is C45H53N7O14. The summed E-state index contributed by atoms with van der Waals surface area (Å²) in [5.41, 5.74) is 13.9. The molecule has 0 unspecified atom stereocenters. The number of amides is 7. The van der Waals surface area contributed by atoms with Crippen molar-refractivity contribution in [1.29, 1.82) is 0 Å². The Bertz CT molecular complexity index is 2270. The number of carboxylic acid groups (broad SMARTS) is 2. The molecule has 3 aromatic carbocycles. The fourth-order valence-electron chi connectivity index (χ4n) is 7.04. The lowest BCUT2D eigenvalue weighted by atomic mass is 9.98. The smallest absolute Gasteiger partial charge is 0.407 e. The van der Waals surface area contributed by atoms with Crippen LogP contribution in [0, 0.1) is 0 Å². The van der Waals surface area contributed by atoms with Crippen molar-refractivity contribution in [2.24, 2.45) is 11.5 Å². The summed E-state index contributed by atoms with van der Waals surface area (Å²) in [6, 6.07) is 14.3. The topological polar surface area (TPSA) is 342 Å². The van der Waals surface area contributed by atoms with Gasteiger partial charge in [0.25, 0.3) is 0 Å². The maximum absolute atomic E-state index is 13.9. The lowest BCUT2D eigenvalue weighted by Crippen LogP contribution is -2.60. The number of hydrogen-bond donors (Lipinski definition) is 9. The second-order valence-electron chi connectivity index (χ2n) is 16.4. The number of benzene rings is 3. The predicted molar refractivity (Wildman–Crippen MR) is 232 cm³/mol. The maximum Gasteiger partial charge on any atom is 0.407 e. The molecule has 0 bridgehead atoms. The molecule has 0 saturated carbocycles. The van der Waals surface area contributed by atoms with Crippen LogP contribution in [-0.2, 0) is 59.0 Å². The molecule has 11 N–H and O–H groups in total. The Morgan fingerprint density at radius 2 is 1.03 bits per heavy atom. The summed E-state index contributed by atoms with van der Waals surface area (Å²) in [5.74, 6) is -11.3. The van der Waals surface area contributed by atoms with E-state index in [-0.39, 0.29) is 18.9 Å². The molecule has 352 valence electrons. The number of fused-ring (bicyclic) bond motifs is 3. The van der Waals surface area contributed by atoms with E-state index in [1.165, 1.54) is 20.8 Å². The first-order chi connectivity index (χ1) is 31.1. The number of carbonyl (C=O) groups excluding carboxylic acids is 8. The summed E-state index contributed by atoms with van der Waals surface area (Å²) in [5, 5.41) is 30.4. The number of primary amides is 2. The number of carbonyl (C=O) groups is 10. The van der Waals surface area contributed by atoms with Crippen molar-refractivity contribution in [3.8, 4) is 11.1 Å². The van der Waals surface area contributed by atoms with Crippen LogP contribution in [0.3, 0.4) is 0 Å². The van der Waals surface area contributed by atoms with Gasteiger partial charge in [-0.05, 0) is 55.0 Å². The first-order valence-corrected chi connectivity index (χ1v) is 20.7. The fraction of sp³-hybridized carbons (Fsp3) is 0.378. The first-order valence-electron chi connectivity index (χ1n) is 20.7. The molecule has 0 aromatic heterocycles. The minimum atomic E-state index is -1.94. The van der Waals surface area contributed by atoms with E-state index in [2.05, 4.69) is 26.6 Å². The number of esters is 1. The van der Waals surface area contributed by atoms with E-state index < -0.39 is 127 Å². The molecule has 21 nitrogen and oxygen atoms in total. The number of hydrogen-bond acceptors (Lipinski definition) is 12. The second-order valence-corrected chi connectivity index (χ2v) is 16.4. The third-order valence-corrected chi connectivity index (χ3v) is 10.00.